The molecule has 3 rings (SSSR count). The Morgan fingerprint density at radius 3 is 2.65 bits per heavy atom. The summed E-state index contributed by atoms with van der Waals surface area (Å²) in [5, 5.41) is 3.09. The van der Waals surface area contributed by atoms with Crippen molar-refractivity contribution in [3.63, 3.8) is 0 Å². The van der Waals surface area contributed by atoms with Gasteiger partial charge >= 0.3 is 0 Å². The zero-order chi connectivity index (χ0) is 16.1. The van der Waals surface area contributed by atoms with Crippen molar-refractivity contribution in [2.45, 2.75) is 6.42 Å². The molecule has 0 fully saturated rings. The van der Waals surface area contributed by atoms with E-state index in [0.29, 0.717) is 6.61 Å². The molecule has 0 aliphatic rings. The molecule has 2 aromatic carbocycles. The molecule has 0 aliphatic carbocycles. The summed E-state index contributed by atoms with van der Waals surface area (Å²) in [7, 11) is 1.67. The van der Waals surface area contributed by atoms with Crippen molar-refractivity contribution in [1.82, 2.24) is 4.98 Å². The van der Waals surface area contributed by atoms with E-state index in [1.165, 1.54) is 0 Å². The maximum absolute atomic E-state index is 5.71. The second-order valence-electron chi connectivity index (χ2n) is 4.99. The molecular formula is C18H18N2O2S. The molecule has 5 heteroatoms. The Morgan fingerprint density at radius 2 is 1.87 bits per heavy atom. The maximum Gasteiger partial charge on any atom is 0.128 e. The van der Waals surface area contributed by atoms with Crippen LogP contribution < -0.4 is 15.2 Å². The third-order valence-electron chi connectivity index (χ3n) is 3.40. The zero-order valence-electron chi connectivity index (χ0n) is 12.9. The summed E-state index contributed by atoms with van der Waals surface area (Å²) in [4.78, 5) is 4.67. The highest BCUT2D eigenvalue weighted by Gasteiger charge is 2.09. The second kappa shape index (κ2) is 7.15. The third kappa shape index (κ3) is 3.81. The molecule has 2 N–H and O–H groups in total. The number of hydrogen-bond acceptors (Lipinski definition) is 5. The van der Waals surface area contributed by atoms with Gasteiger partial charge in [-0.15, -0.1) is 11.3 Å². The fourth-order valence-electron chi connectivity index (χ4n) is 2.23. The molecule has 23 heavy (non-hydrogen) atoms. The first kappa shape index (κ1) is 15.4. The highest BCUT2D eigenvalue weighted by atomic mass is 32.1. The van der Waals surface area contributed by atoms with Crippen LogP contribution in [-0.2, 0) is 6.42 Å². The van der Waals surface area contributed by atoms with Crippen molar-refractivity contribution < 1.29 is 9.47 Å². The van der Waals surface area contributed by atoms with Gasteiger partial charge in [-0.2, -0.15) is 0 Å². The number of hydrogen-bond donors (Lipinski definition) is 1. The predicted octanol–water partition coefficient (Wildman–Crippen LogP) is 4.02. The minimum absolute atomic E-state index is 0.586. The van der Waals surface area contributed by atoms with E-state index in [1.54, 1.807) is 18.4 Å². The van der Waals surface area contributed by atoms with Gasteiger partial charge in [-0.05, 0) is 36.4 Å². The van der Waals surface area contributed by atoms with E-state index in [9.17, 15) is 0 Å². The molecule has 4 nitrogen and oxygen atoms in total. The van der Waals surface area contributed by atoms with Crippen LogP contribution in [0.25, 0.3) is 11.3 Å². The van der Waals surface area contributed by atoms with E-state index < -0.39 is 0 Å². The lowest BCUT2D eigenvalue weighted by molar-refractivity contribution is 0.322. The number of nitrogens with zero attached hydrogens (tertiary/aromatic N) is 1. The molecular weight excluding hydrogens is 308 g/mol. The number of thiazole rings is 1. The number of aromatic nitrogens is 1. The first-order valence-electron chi connectivity index (χ1n) is 7.32. The van der Waals surface area contributed by atoms with Crippen molar-refractivity contribution in [1.29, 1.82) is 0 Å². The summed E-state index contributed by atoms with van der Waals surface area (Å²) in [6, 6.07) is 15.3. The van der Waals surface area contributed by atoms with E-state index >= 15 is 0 Å². The Bertz CT molecular complexity index is 769. The van der Waals surface area contributed by atoms with Gasteiger partial charge in [0.2, 0.25) is 0 Å². The van der Waals surface area contributed by atoms with Gasteiger partial charge < -0.3 is 15.2 Å². The summed E-state index contributed by atoms with van der Waals surface area (Å²) in [6.45, 7) is 0.586. The van der Waals surface area contributed by atoms with Crippen molar-refractivity contribution >= 4 is 17.0 Å². The van der Waals surface area contributed by atoms with Crippen LogP contribution in [-0.4, -0.2) is 18.7 Å². The van der Waals surface area contributed by atoms with Crippen LogP contribution in [0.1, 0.15) is 5.01 Å². The molecule has 3 aromatic rings. The van der Waals surface area contributed by atoms with Gasteiger partial charge in [0, 0.05) is 23.1 Å². The van der Waals surface area contributed by atoms with Crippen molar-refractivity contribution in [2.75, 3.05) is 19.5 Å². The average Bonchev–Trinajstić information content (AvgIpc) is 3.05. The number of benzene rings is 2. The third-order valence-corrected chi connectivity index (χ3v) is 4.31. The summed E-state index contributed by atoms with van der Waals surface area (Å²) >= 11 is 1.63. The van der Waals surface area contributed by atoms with Crippen LogP contribution >= 0.6 is 11.3 Å². The molecule has 0 saturated heterocycles. The number of rotatable bonds is 6. The molecule has 0 unspecified atom stereocenters. The van der Waals surface area contributed by atoms with Crippen molar-refractivity contribution in [3.05, 3.63) is 58.9 Å². The van der Waals surface area contributed by atoms with Crippen LogP contribution in [0.5, 0.6) is 11.5 Å². The van der Waals surface area contributed by atoms with E-state index in [-0.39, 0.29) is 0 Å². The Morgan fingerprint density at radius 1 is 1.09 bits per heavy atom. The molecule has 0 aliphatic heterocycles. The first-order valence-corrected chi connectivity index (χ1v) is 8.20. The van der Waals surface area contributed by atoms with Crippen molar-refractivity contribution in [2.24, 2.45) is 0 Å². The number of ether oxygens (including phenoxy) is 2. The van der Waals surface area contributed by atoms with Crippen LogP contribution in [0.2, 0.25) is 0 Å². The number of nitrogen functional groups attached to an aromatic ring is 1. The highest BCUT2D eigenvalue weighted by molar-refractivity contribution is 7.09. The highest BCUT2D eigenvalue weighted by Crippen LogP contribution is 2.30. The van der Waals surface area contributed by atoms with Crippen LogP contribution in [0.3, 0.4) is 0 Å². The quantitative estimate of drug-likeness (QED) is 0.695. The zero-order valence-corrected chi connectivity index (χ0v) is 13.7. The second-order valence-corrected chi connectivity index (χ2v) is 5.94. The normalized spacial score (nSPS) is 10.5. The standard InChI is InChI=1S/C18H18N2O2S/c1-21-17-5-3-2-4-15(17)16-12-23-18(20-16)10-11-22-14-8-6-13(19)7-9-14/h2-9,12H,10-11,19H2,1H3. The smallest absolute Gasteiger partial charge is 0.128 e. The lowest BCUT2D eigenvalue weighted by atomic mass is 10.1. The Kier molecular flexibility index (Phi) is 4.78. The average molecular weight is 326 g/mol. The van der Waals surface area contributed by atoms with Crippen LogP contribution in [0.4, 0.5) is 5.69 Å². The monoisotopic (exact) mass is 326 g/mol. The fraction of sp³-hybridized carbons (Fsp3) is 0.167. The molecule has 0 radical (unpaired) electrons. The van der Waals surface area contributed by atoms with Gasteiger partial charge in [0.25, 0.3) is 0 Å². The largest absolute Gasteiger partial charge is 0.496 e. The topological polar surface area (TPSA) is 57.4 Å². The number of nitrogens with two attached hydrogens (primary N) is 1. The predicted molar refractivity (Wildman–Crippen MR) is 94.2 cm³/mol. The molecule has 0 spiro atoms. The van der Waals surface area contributed by atoms with Crippen LogP contribution in [0.15, 0.2) is 53.9 Å². The molecule has 1 heterocycles. The van der Waals surface area contributed by atoms with E-state index in [1.807, 2.05) is 48.5 Å². The molecule has 118 valence electrons. The van der Waals surface area contributed by atoms with Gasteiger partial charge in [-0.3, -0.25) is 0 Å². The van der Waals surface area contributed by atoms with Crippen LogP contribution in [0, 0.1) is 0 Å². The maximum atomic E-state index is 5.71. The van der Waals surface area contributed by atoms with Gasteiger partial charge in [-0.1, -0.05) is 12.1 Å². The molecule has 0 bridgehead atoms. The SMILES string of the molecule is COc1ccccc1-c1csc(CCOc2ccc(N)cc2)n1. The summed E-state index contributed by atoms with van der Waals surface area (Å²) in [5.41, 5.74) is 8.34. The van der Waals surface area contributed by atoms with E-state index in [2.05, 4.69) is 10.4 Å². The Labute approximate surface area is 139 Å². The molecule has 0 atom stereocenters. The van der Waals surface area contributed by atoms with E-state index in [4.69, 9.17) is 15.2 Å². The lowest BCUT2D eigenvalue weighted by Crippen LogP contribution is -2.01. The van der Waals surface area contributed by atoms with Gasteiger partial charge in [0.05, 0.1) is 24.4 Å². The molecule has 1 aromatic heterocycles. The molecule has 0 saturated carbocycles. The summed E-state index contributed by atoms with van der Waals surface area (Å²) < 4.78 is 11.1. The Hall–Kier alpha value is -2.53. The van der Waals surface area contributed by atoms with Crippen molar-refractivity contribution in [3.8, 4) is 22.8 Å². The summed E-state index contributed by atoms with van der Waals surface area (Å²) in [6.07, 6.45) is 0.768. The van der Waals surface area contributed by atoms with E-state index in [0.717, 1.165) is 39.9 Å². The minimum Gasteiger partial charge on any atom is -0.496 e. The lowest BCUT2D eigenvalue weighted by Gasteiger charge is -2.05. The first-order chi connectivity index (χ1) is 11.3. The molecule has 0 amide bonds. The minimum atomic E-state index is 0.586. The number of anilines is 1. The Balaban J connectivity index is 1.62. The summed E-state index contributed by atoms with van der Waals surface area (Å²) in [5.74, 6) is 1.66. The fourth-order valence-corrected chi connectivity index (χ4v) is 3.01. The number of methoxy groups -OCH3 is 1. The number of para-hydroxylation sites is 1. The van der Waals surface area contributed by atoms with Gasteiger partial charge in [-0.25, -0.2) is 4.98 Å². The van der Waals surface area contributed by atoms with Gasteiger partial charge in [0.1, 0.15) is 11.5 Å². The van der Waals surface area contributed by atoms with Gasteiger partial charge in [0.15, 0.2) is 0 Å².